The third kappa shape index (κ3) is 4.22. The maximum atomic E-state index is 15.4. The number of nitrogens with zero attached hydrogens (tertiary/aromatic N) is 8. The third-order valence-corrected chi connectivity index (χ3v) is 7.59. The lowest BCUT2D eigenvalue weighted by Crippen LogP contribution is -2.07. The van der Waals surface area contributed by atoms with Crippen LogP contribution in [0, 0.1) is 123 Å². The van der Waals surface area contributed by atoms with E-state index in [2.05, 4.69) is 14.5 Å². The van der Waals surface area contributed by atoms with Crippen LogP contribution in [0.15, 0.2) is 23.5 Å². The quantitative estimate of drug-likeness (QED) is 0.117. The Labute approximate surface area is 274 Å². The van der Waals surface area contributed by atoms with Crippen LogP contribution >= 0.6 is 0 Å². The lowest BCUT2D eigenvalue weighted by Gasteiger charge is -2.13. The van der Waals surface area contributed by atoms with E-state index in [9.17, 15) is 38.6 Å². The van der Waals surface area contributed by atoms with Gasteiger partial charge in [0.15, 0.2) is 46.5 Å². The minimum Gasteiger partial charge on any atom is -0.232 e. The second kappa shape index (κ2) is 12.0. The van der Waals surface area contributed by atoms with Gasteiger partial charge in [0.2, 0.25) is 0 Å². The molecule has 0 saturated carbocycles. The Morgan fingerprint density at radius 3 is 1.14 bits per heavy atom. The summed E-state index contributed by atoms with van der Waals surface area (Å²) in [6, 6.07) is 8.43. The Morgan fingerprint density at radius 2 is 0.860 bits per heavy atom. The van der Waals surface area contributed by atoms with Crippen molar-refractivity contribution in [3.8, 4) is 30.3 Å². The summed E-state index contributed by atoms with van der Waals surface area (Å²) >= 11 is 0. The third-order valence-electron chi connectivity index (χ3n) is 7.59. The minimum atomic E-state index is -2.21. The molecule has 0 aromatic heterocycles. The van der Waals surface area contributed by atoms with E-state index in [0.29, 0.717) is 0 Å². The Balaban J connectivity index is 2.02. The topological polar surface area (TPSA) is 132 Å². The van der Waals surface area contributed by atoms with Gasteiger partial charge in [-0.3, -0.25) is 0 Å². The number of rotatable bonds is 2. The van der Waals surface area contributed by atoms with Crippen molar-refractivity contribution in [2.24, 2.45) is 0 Å². The van der Waals surface area contributed by atoms with Gasteiger partial charge in [-0.2, -0.15) is 15.8 Å². The first-order chi connectivity index (χ1) is 23.8. The van der Waals surface area contributed by atoms with Gasteiger partial charge in [0.05, 0.1) is 54.1 Å². The predicted molar refractivity (Wildman–Crippen MR) is 153 cm³/mol. The van der Waals surface area contributed by atoms with Crippen LogP contribution < -0.4 is 0 Å². The fourth-order valence-corrected chi connectivity index (χ4v) is 5.60. The molecule has 0 unspecified atom stereocenters. The summed E-state index contributed by atoms with van der Waals surface area (Å²) in [6.07, 6.45) is 0. The van der Waals surface area contributed by atoms with E-state index in [1.165, 1.54) is 24.3 Å². The van der Waals surface area contributed by atoms with Crippen molar-refractivity contribution < 1.29 is 35.1 Å². The molecular formula is C34H2F8N8. The maximum Gasteiger partial charge on any atom is 0.270 e. The molecule has 0 spiro atoms. The second-order valence-electron chi connectivity index (χ2n) is 9.77. The summed E-state index contributed by atoms with van der Waals surface area (Å²) in [5, 5.41) is 48.9. The minimum absolute atomic E-state index is 0.510. The van der Waals surface area contributed by atoms with Gasteiger partial charge in [-0.15, -0.1) is 0 Å². The van der Waals surface area contributed by atoms with Gasteiger partial charge in [0.1, 0.15) is 23.8 Å². The molecule has 2 aliphatic rings. The molecular weight excluding hydrogens is 672 g/mol. The van der Waals surface area contributed by atoms with E-state index >= 15 is 17.6 Å². The van der Waals surface area contributed by atoms with Gasteiger partial charge in [0, 0.05) is 33.4 Å². The van der Waals surface area contributed by atoms with E-state index in [0.717, 1.165) is 18.2 Å². The maximum absolute atomic E-state index is 15.4. The summed E-state index contributed by atoms with van der Waals surface area (Å²) in [5.41, 5.74) is -16.3. The zero-order valence-electron chi connectivity index (χ0n) is 23.8. The second-order valence-corrected chi connectivity index (χ2v) is 9.77. The summed E-state index contributed by atoms with van der Waals surface area (Å²) in [6.45, 7) is 21.8. The highest BCUT2D eigenvalue weighted by Gasteiger charge is 2.41. The van der Waals surface area contributed by atoms with Gasteiger partial charge < -0.3 is 0 Å². The molecule has 0 bridgehead atoms. The van der Waals surface area contributed by atoms with Crippen LogP contribution in [0.25, 0.3) is 48.0 Å². The molecule has 0 N–H and O–H groups in total. The number of halogens is 8. The molecule has 0 aliphatic heterocycles. The Kier molecular flexibility index (Phi) is 7.98. The molecule has 3 aromatic carbocycles. The Bertz CT molecular complexity index is 2440. The first kappa shape index (κ1) is 33.3. The lowest BCUT2D eigenvalue weighted by atomic mass is 9.91. The molecule has 0 fully saturated rings. The molecule has 0 heterocycles. The Hall–Kier alpha value is -8.02. The molecule has 234 valence electrons. The SMILES string of the molecule is [C-]#[N+]/C(C#N)=C1\C(c2c(F)c(F)c([N+]#[C-])c(F)c2F)=C(C#N)c2cc3c(cc21)C(C#N)=C(c1c(F)c(F)c(C#N)c(F)c1F)/C3=C(\C#N)[N+]#[C-]. The molecule has 0 saturated heterocycles. The largest absolute Gasteiger partial charge is 0.270 e. The van der Waals surface area contributed by atoms with Crippen molar-refractivity contribution in [3.05, 3.63) is 143 Å². The Morgan fingerprint density at radius 1 is 0.500 bits per heavy atom. The number of hydrogen-bond acceptors (Lipinski definition) is 5. The van der Waals surface area contributed by atoms with E-state index in [-0.39, 0.29) is 0 Å². The van der Waals surface area contributed by atoms with E-state index in [4.69, 9.17) is 25.0 Å². The van der Waals surface area contributed by atoms with Crippen LogP contribution in [0.3, 0.4) is 0 Å². The molecule has 3 aromatic rings. The molecule has 2 aliphatic carbocycles. The molecule has 0 radical (unpaired) electrons. The summed E-state index contributed by atoms with van der Waals surface area (Å²) in [7, 11) is 0. The highest BCUT2D eigenvalue weighted by molar-refractivity contribution is 6.29. The molecule has 0 atom stereocenters. The van der Waals surface area contributed by atoms with Gasteiger partial charge >= 0.3 is 0 Å². The van der Waals surface area contributed by atoms with Crippen molar-refractivity contribution in [3.63, 3.8) is 0 Å². The van der Waals surface area contributed by atoms with Crippen LogP contribution in [0.1, 0.15) is 38.9 Å². The number of nitriles is 5. The van der Waals surface area contributed by atoms with Gasteiger partial charge in [-0.25, -0.2) is 60.2 Å². The van der Waals surface area contributed by atoms with Crippen molar-refractivity contribution in [1.29, 1.82) is 26.3 Å². The van der Waals surface area contributed by atoms with E-state index in [1.54, 1.807) is 0 Å². The fourth-order valence-electron chi connectivity index (χ4n) is 5.60. The average molecular weight is 674 g/mol. The molecule has 50 heavy (non-hydrogen) atoms. The number of benzene rings is 3. The first-order valence-electron chi connectivity index (χ1n) is 12.9. The summed E-state index contributed by atoms with van der Waals surface area (Å²) in [5.74, 6) is -17.6. The molecule has 0 amide bonds. The van der Waals surface area contributed by atoms with Gasteiger partial charge in [-0.1, -0.05) is 0 Å². The lowest BCUT2D eigenvalue weighted by molar-refractivity contribution is 0.447. The van der Waals surface area contributed by atoms with Crippen molar-refractivity contribution in [2.45, 2.75) is 0 Å². The first-order valence-corrected chi connectivity index (χ1v) is 12.9. The van der Waals surface area contributed by atoms with Crippen molar-refractivity contribution in [2.75, 3.05) is 0 Å². The summed E-state index contributed by atoms with van der Waals surface area (Å²) in [4.78, 5) is 8.33. The molecule has 5 rings (SSSR count). The number of fused-ring (bicyclic) bond motifs is 2. The standard InChI is InChI=1S/C34H2F8N8/c1-48-18(9-46)20-13-5-12-14(4-11(13)15(6-43)22(20)24-28(37)26(35)17(8-45)27(36)29(24)38)21(19(10-47)49-2)23(16(12)7-44)25-30(39)32(41)34(50-3)33(42)31(25)40/h4-5H/b20-18+,21-19-. The highest BCUT2D eigenvalue weighted by Crippen LogP contribution is 2.56. The predicted octanol–water partition coefficient (Wildman–Crippen LogP) is 8.43. The van der Waals surface area contributed by atoms with E-state index < -0.39 is 136 Å². The smallest absolute Gasteiger partial charge is 0.232 e. The molecule has 8 nitrogen and oxygen atoms in total. The zero-order valence-corrected chi connectivity index (χ0v) is 23.8. The summed E-state index contributed by atoms with van der Waals surface area (Å²) < 4.78 is 121. The van der Waals surface area contributed by atoms with Gasteiger partial charge in [-0.05, 0) is 23.3 Å². The van der Waals surface area contributed by atoms with Gasteiger partial charge in [0.25, 0.3) is 17.1 Å². The number of allylic oxidation sites excluding steroid dienone is 8. The monoisotopic (exact) mass is 674 g/mol. The molecule has 16 heteroatoms. The van der Waals surface area contributed by atoms with E-state index in [1.807, 2.05) is 0 Å². The van der Waals surface area contributed by atoms with Crippen LogP contribution in [0.5, 0.6) is 0 Å². The van der Waals surface area contributed by atoms with Crippen LogP contribution in [0.4, 0.5) is 40.8 Å². The number of hydrogen-bond donors (Lipinski definition) is 0. The van der Waals surface area contributed by atoms with Crippen LogP contribution in [-0.2, 0) is 0 Å². The zero-order chi connectivity index (χ0) is 36.9. The van der Waals surface area contributed by atoms with Crippen molar-refractivity contribution >= 4 is 39.1 Å². The van der Waals surface area contributed by atoms with Crippen molar-refractivity contribution in [1.82, 2.24) is 0 Å². The van der Waals surface area contributed by atoms with Crippen LogP contribution in [-0.4, -0.2) is 0 Å². The average Bonchev–Trinajstić information content (AvgIpc) is 3.59. The highest BCUT2D eigenvalue weighted by atomic mass is 19.2. The fraction of sp³-hybridized carbons (Fsp3) is 0. The normalized spacial score (nSPS) is 14.6. The van der Waals surface area contributed by atoms with Crippen LogP contribution in [0.2, 0.25) is 0 Å².